The molecule has 1 aliphatic rings. The lowest BCUT2D eigenvalue weighted by Gasteiger charge is -2.23. The van der Waals surface area contributed by atoms with Gasteiger partial charge < -0.3 is 10.2 Å². The largest absolute Gasteiger partial charge is 0.384 e. The smallest absolute Gasteiger partial charge is 0.0340 e. The quantitative estimate of drug-likeness (QED) is 0.398. The molecule has 0 bridgehead atoms. The predicted octanol–water partition coefficient (Wildman–Crippen LogP) is 9.03. The van der Waals surface area contributed by atoms with Gasteiger partial charge in [0.25, 0.3) is 0 Å². The summed E-state index contributed by atoms with van der Waals surface area (Å²) in [7, 11) is 0. The van der Waals surface area contributed by atoms with E-state index in [0.717, 1.165) is 32.6 Å². The number of rotatable bonds is 10. The molecule has 0 atom stereocenters. The predicted molar refractivity (Wildman–Crippen MR) is 145 cm³/mol. The SMILES string of the molecule is C=C(CCCN(CC)CCNc1ccc(C)cc1)C1=C(C)CCCC1.CC.CC.CC. The van der Waals surface area contributed by atoms with E-state index in [1.807, 2.05) is 41.5 Å². The summed E-state index contributed by atoms with van der Waals surface area (Å²) in [5.74, 6) is 0. The van der Waals surface area contributed by atoms with Gasteiger partial charge in [-0.15, -0.1) is 0 Å². The lowest BCUT2D eigenvalue weighted by Crippen LogP contribution is -2.30. The minimum atomic E-state index is 1.00. The number of hydrogen-bond donors (Lipinski definition) is 1. The van der Waals surface area contributed by atoms with Crippen LogP contribution in [0.3, 0.4) is 0 Å². The van der Waals surface area contributed by atoms with E-state index in [4.69, 9.17) is 0 Å². The van der Waals surface area contributed by atoms with Crippen molar-refractivity contribution < 1.29 is 0 Å². The second-order valence-corrected chi connectivity index (χ2v) is 7.40. The molecule has 0 saturated carbocycles. The summed E-state index contributed by atoms with van der Waals surface area (Å²) in [4.78, 5) is 2.54. The lowest BCUT2D eigenvalue weighted by atomic mass is 9.87. The molecule has 0 aliphatic heterocycles. The Morgan fingerprint density at radius 3 is 2.03 bits per heavy atom. The molecule has 2 nitrogen and oxygen atoms in total. The first-order valence-electron chi connectivity index (χ1n) is 13.0. The Balaban J connectivity index is 0. The molecule has 31 heavy (non-hydrogen) atoms. The molecule has 2 rings (SSSR count). The summed E-state index contributed by atoms with van der Waals surface area (Å²) in [6.07, 6.45) is 7.60. The third-order valence-corrected chi connectivity index (χ3v) is 5.38. The van der Waals surface area contributed by atoms with Gasteiger partial charge in [0.1, 0.15) is 0 Å². The minimum Gasteiger partial charge on any atom is -0.384 e. The number of benzene rings is 1. The van der Waals surface area contributed by atoms with E-state index < -0.39 is 0 Å². The molecule has 0 unspecified atom stereocenters. The minimum absolute atomic E-state index is 1.00. The summed E-state index contributed by atoms with van der Waals surface area (Å²) in [5, 5.41) is 3.53. The standard InChI is InChI=1S/C23H36N2.3C2H6/c1-5-25(18-16-24-22-14-12-19(2)13-15-22)17-8-10-21(4)23-11-7-6-9-20(23)3;3*1-2/h12-15,24H,4-11,16-18H2,1-3H3;3*1-2H3. The van der Waals surface area contributed by atoms with Crippen LogP contribution in [-0.4, -0.2) is 31.1 Å². The molecule has 0 heterocycles. The molecular formula is C29H54N2. The highest BCUT2D eigenvalue weighted by atomic mass is 15.1. The number of likely N-dealkylation sites (N-methyl/N-ethyl adjacent to an activating group) is 1. The molecule has 0 saturated heterocycles. The van der Waals surface area contributed by atoms with Gasteiger partial charge in [-0.3, -0.25) is 0 Å². The molecule has 0 amide bonds. The van der Waals surface area contributed by atoms with Gasteiger partial charge in [-0.2, -0.15) is 0 Å². The van der Waals surface area contributed by atoms with Crippen molar-refractivity contribution in [3.63, 3.8) is 0 Å². The van der Waals surface area contributed by atoms with Gasteiger partial charge >= 0.3 is 0 Å². The summed E-state index contributed by atoms with van der Waals surface area (Å²) in [5.41, 5.74) is 7.09. The van der Waals surface area contributed by atoms with E-state index in [2.05, 4.69) is 61.8 Å². The van der Waals surface area contributed by atoms with Crippen molar-refractivity contribution in [1.29, 1.82) is 0 Å². The Labute approximate surface area is 196 Å². The third-order valence-electron chi connectivity index (χ3n) is 5.38. The normalized spacial score (nSPS) is 12.6. The van der Waals surface area contributed by atoms with E-state index in [9.17, 15) is 0 Å². The van der Waals surface area contributed by atoms with Gasteiger partial charge in [0, 0.05) is 18.8 Å². The molecule has 1 N–H and O–H groups in total. The number of nitrogens with zero attached hydrogens (tertiary/aromatic N) is 1. The monoisotopic (exact) mass is 430 g/mol. The van der Waals surface area contributed by atoms with Crippen molar-refractivity contribution >= 4 is 5.69 Å². The second-order valence-electron chi connectivity index (χ2n) is 7.40. The van der Waals surface area contributed by atoms with Gasteiger partial charge in [-0.05, 0) is 83.2 Å². The maximum atomic E-state index is 4.37. The lowest BCUT2D eigenvalue weighted by molar-refractivity contribution is 0.295. The average molecular weight is 431 g/mol. The average Bonchev–Trinajstić information content (AvgIpc) is 2.83. The van der Waals surface area contributed by atoms with Crippen LogP contribution in [0.4, 0.5) is 5.69 Å². The fourth-order valence-electron chi connectivity index (χ4n) is 3.66. The molecule has 0 spiro atoms. The first kappa shape index (κ1) is 31.6. The van der Waals surface area contributed by atoms with Crippen LogP contribution >= 0.6 is 0 Å². The molecule has 1 aromatic rings. The zero-order valence-corrected chi connectivity index (χ0v) is 22.5. The van der Waals surface area contributed by atoms with Crippen LogP contribution in [-0.2, 0) is 0 Å². The molecule has 0 fully saturated rings. The van der Waals surface area contributed by atoms with E-state index >= 15 is 0 Å². The van der Waals surface area contributed by atoms with Crippen molar-refractivity contribution in [3.8, 4) is 0 Å². The van der Waals surface area contributed by atoms with Crippen LogP contribution in [0, 0.1) is 6.92 Å². The highest BCUT2D eigenvalue weighted by Crippen LogP contribution is 2.30. The van der Waals surface area contributed by atoms with E-state index in [1.54, 1.807) is 11.1 Å². The molecule has 180 valence electrons. The zero-order valence-electron chi connectivity index (χ0n) is 22.5. The first-order valence-corrected chi connectivity index (χ1v) is 13.0. The molecular weight excluding hydrogens is 376 g/mol. The second kappa shape index (κ2) is 21.7. The Morgan fingerprint density at radius 1 is 0.903 bits per heavy atom. The fourth-order valence-corrected chi connectivity index (χ4v) is 3.66. The van der Waals surface area contributed by atoms with Gasteiger partial charge in [0.05, 0.1) is 0 Å². The van der Waals surface area contributed by atoms with Crippen LogP contribution in [0.25, 0.3) is 0 Å². The third kappa shape index (κ3) is 14.2. The van der Waals surface area contributed by atoms with Crippen molar-refractivity contribution in [3.05, 3.63) is 53.1 Å². The van der Waals surface area contributed by atoms with Crippen LogP contribution in [0.2, 0.25) is 0 Å². The van der Waals surface area contributed by atoms with Crippen molar-refractivity contribution in [1.82, 2.24) is 4.90 Å². The van der Waals surface area contributed by atoms with Gasteiger partial charge in [-0.1, -0.05) is 83.9 Å². The topological polar surface area (TPSA) is 15.3 Å². The van der Waals surface area contributed by atoms with Crippen molar-refractivity contribution in [2.45, 2.75) is 101 Å². The highest BCUT2D eigenvalue weighted by molar-refractivity contribution is 5.44. The van der Waals surface area contributed by atoms with Crippen LogP contribution < -0.4 is 5.32 Å². The molecule has 0 radical (unpaired) electrons. The van der Waals surface area contributed by atoms with Gasteiger partial charge in [0.15, 0.2) is 0 Å². The molecule has 2 heteroatoms. The summed E-state index contributed by atoms with van der Waals surface area (Å²) in [6.45, 7) is 27.4. The Hall–Kier alpha value is -1.54. The maximum Gasteiger partial charge on any atom is 0.0340 e. The summed E-state index contributed by atoms with van der Waals surface area (Å²) < 4.78 is 0. The van der Waals surface area contributed by atoms with E-state index in [-0.39, 0.29) is 0 Å². The maximum absolute atomic E-state index is 4.37. The van der Waals surface area contributed by atoms with Crippen LogP contribution in [0.1, 0.15) is 99.5 Å². The van der Waals surface area contributed by atoms with E-state index in [0.29, 0.717) is 0 Å². The fraction of sp³-hybridized carbons (Fsp3) is 0.655. The number of hydrogen-bond acceptors (Lipinski definition) is 2. The van der Waals surface area contributed by atoms with Crippen LogP contribution in [0.15, 0.2) is 47.6 Å². The Kier molecular flexibility index (Phi) is 22.1. The van der Waals surface area contributed by atoms with E-state index in [1.165, 1.54) is 48.9 Å². The Morgan fingerprint density at radius 2 is 1.48 bits per heavy atom. The molecule has 1 aromatic carbocycles. The van der Waals surface area contributed by atoms with Gasteiger partial charge in [0.2, 0.25) is 0 Å². The highest BCUT2D eigenvalue weighted by Gasteiger charge is 2.12. The van der Waals surface area contributed by atoms with Crippen LogP contribution in [0.5, 0.6) is 0 Å². The number of anilines is 1. The molecule has 1 aliphatic carbocycles. The first-order chi connectivity index (χ1) is 15.1. The molecule has 0 aromatic heterocycles. The van der Waals surface area contributed by atoms with Crippen molar-refractivity contribution in [2.24, 2.45) is 0 Å². The van der Waals surface area contributed by atoms with Gasteiger partial charge in [-0.25, -0.2) is 0 Å². The number of allylic oxidation sites excluding steroid dienone is 3. The zero-order chi connectivity index (χ0) is 24.1. The number of aryl methyl sites for hydroxylation is 1. The van der Waals surface area contributed by atoms with Crippen molar-refractivity contribution in [2.75, 3.05) is 31.5 Å². The number of nitrogens with one attached hydrogen (secondary N) is 1. The summed E-state index contributed by atoms with van der Waals surface area (Å²) >= 11 is 0. The summed E-state index contributed by atoms with van der Waals surface area (Å²) in [6, 6.07) is 8.65. The Bertz CT molecular complexity index is 569.